The summed E-state index contributed by atoms with van der Waals surface area (Å²) in [6.45, 7) is 4.68. The van der Waals surface area contributed by atoms with E-state index >= 15 is 0 Å². The van der Waals surface area contributed by atoms with E-state index in [9.17, 15) is 19.2 Å². The summed E-state index contributed by atoms with van der Waals surface area (Å²) in [6.07, 6.45) is -0.306. The van der Waals surface area contributed by atoms with Gasteiger partial charge in [-0.2, -0.15) is 0 Å². The molecule has 8 heteroatoms. The molecule has 176 valence electrons. The highest BCUT2D eigenvalue weighted by Gasteiger charge is 2.73. The van der Waals surface area contributed by atoms with Gasteiger partial charge in [0, 0.05) is 19.1 Å². The van der Waals surface area contributed by atoms with Crippen molar-refractivity contribution in [2.24, 2.45) is 11.8 Å². The van der Waals surface area contributed by atoms with E-state index in [1.54, 1.807) is 12.1 Å². The van der Waals surface area contributed by atoms with Crippen molar-refractivity contribution >= 4 is 29.4 Å². The van der Waals surface area contributed by atoms with Crippen LogP contribution in [0.2, 0.25) is 0 Å². The van der Waals surface area contributed by atoms with Crippen LogP contribution in [0.5, 0.6) is 0 Å². The summed E-state index contributed by atoms with van der Waals surface area (Å²) >= 11 is 0. The fraction of sp³-hybridized carbons (Fsp3) is 0.385. The third-order valence-electron chi connectivity index (χ3n) is 7.44. The number of benzene rings is 2. The number of hydrogen-bond acceptors (Lipinski definition) is 6. The van der Waals surface area contributed by atoms with Gasteiger partial charge >= 0.3 is 5.97 Å². The Bertz CT molecular complexity index is 1180. The smallest absolute Gasteiger partial charge is 0.307 e. The average Bonchev–Trinajstić information content (AvgIpc) is 3.26. The molecule has 0 radical (unpaired) electrons. The molecule has 34 heavy (non-hydrogen) atoms. The summed E-state index contributed by atoms with van der Waals surface area (Å²) < 4.78 is 4.94. The Morgan fingerprint density at radius 1 is 1.00 bits per heavy atom. The fourth-order valence-corrected chi connectivity index (χ4v) is 5.87. The minimum Gasteiger partial charge on any atom is -0.469 e. The van der Waals surface area contributed by atoms with Crippen molar-refractivity contribution in [3.8, 4) is 0 Å². The summed E-state index contributed by atoms with van der Waals surface area (Å²) in [5.41, 5.74) is 1.87. The molecule has 8 nitrogen and oxygen atoms in total. The van der Waals surface area contributed by atoms with Crippen molar-refractivity contribution < 1.29 is 23.9 Å². The highest BCUT2D eigenvalue weighted by atomic mass is 16.5. The number of amides is 3. The number of nitrogens with zero attached hydrogens (tertiary/aromatic N) is 2. The van der Waals surface area contributed by atoms with Crippen molar-refractivity contribution in [1.29, 1.82) is 0 Å². The molecule has 3 amide bonds. The topological polar surface area (TPSA) is 96.0 Å². The molecule has 1 N–H and O–H groups in total. The van der Waals surface area contributed by atoms with Crippen molar-refractivity contribution in [2.75, 3.05) is 25.1 Å². The highest BCUT2D eigenvalue weighted by Crippen LogP contribution is 2.57. The number of hydrogen-bond donors (Lipinski definition) is 1. The van der Waals surface area contributed by atoms with Crippen LogP contribution < -0.4 is 10.2 Å². The second kappa shape index (κ2) is 8.06. The van der Waals surface area contributed by atoms with Gasteiger partial charge in [-0.15, -0.1) is 0 Å². The molecule has 0 unspecified atom stereocenters. The Labute approximate surface area is 197 Å². The minimum absolute atomic E-state index is 0.306. The molecule has 3 aliphatic heterocycles. The molecule has 2 aromatic carbocycles. The van der Waals surface area contributed by atoms with Gasteiger partial charge in [0.15, 0.2) is 0 Å². The molecule has 3 aliphatic rings. The van der Waals surface area contributed by atoms with Crippen LogP contribution in [0.4, 0.5) is 5.69 Å². The number of nitrogens with one attached hydrogen (secondary N) is 1. The van der Waals surface area contributed by atoms with E-state index < -0.39 is 41.2 Å². The van der Waals surface area contributed by atoms with Gasteiger partial charge in [-0.3, -0.25) is 24.1 Å². The molecule has 5 rings (SSSR count). The van der Waals surface area contributed by atoms with Crippen LogP contribution in [0.1, 0.15) is 29.2 Å². The lowest BCUT2D eigenvalue weighted by molar-refractivity contribution is -0.154. The first kappa shape index (κ1) is 22.3. The summed E-state index contributed by atoms with van der Waals surface area (Å²) in [4.78, 5) is 57.0. The van der Waals surface area contributed by atoms with Gasteiger partial charge in [-0.05, 0) is 31.5 Å². The molecule has 0 aliphatic carbocycles. The van der Waals surface area contributed by atoms with Crippen LogP contribution in [-0.4, -0.2) is 54.3 Å². The first-order valence-corrected chi connectivity index (χ1v) is 11.4. The standard InChI is InChI=1S/C26H27N3O5/c1-15-4-8-17(9-5-15)22-20-21(24(32)29(23(20)31)18-10-6-16(2)7-11-18)26(14-19(30)34-3)25(33)27-12-13-28(22)26/h4-11,20-22H,12-14H2,1-3H3,(H,27,33)/t20-,21-,22+,26-/m1/s1. The zero-order valence-electron chi connectivity index (χ0n) is 19.4. The minimum atomic E-state index is -1.50. The fourth-order valence-electron chi connectivity index (χ4n) is 5.87. The number of methoxy groups -OCH3 is 1. The number of piperazine rings is 1. The first-order valence-electron chi connectivity index (χ1n) is 11.4. The van der Waals surface area contributed by atoms with Gasteiger partial charge in [0.05, 0.1) is 31.1 Å². The lowest BCUT2D eigenvalue weighted by Crippen LogP contribution is -2.67. The number of ether oxygens (including phenoxy) is 1. The second-order valence-corrected chi connectivity index (χ2v) is 9.33. The Morgan fingerprint density at radius 3 is 2.24 bits per heavy atom. The highest BCUT2D eigenvalue weighted by molar-refractivity contribution is 6.24. The number of carbonyl (C=O) groups excluding carboxylic acids is 4. The summed E-state index contributed by atoms with van der Waals surface area (Å²) in [5.74, 6) is -3.63. The van der Waals surface area contributed by atoms with Crippen LogP contribution in [0, 0.1) is 25.7 Å². The van der Waals surface area contributed by atoms with Gasteiger partial charge < -0.3 is 10.1 Å². The van der Waals surface area contributed by atoms with Crippen LogP contribution >= 0.6 is 0 Å². The molecule has 2 aromatic rings. The zero-order chi connectivity index (χ0) is 24.2. The third-order valence-corrected chi connectivity index (χ3v) is 7.44. The largest absolute Gasteiger partial charge is 0.469 e. The number of aryl methyl sites for hydroxylation is 2. The van der Waals surface area contributed by atoms with Crippen molar-refractivity contribution in [3.05, 3.63) is 65.2 Å². The predicted molar refractivity (Wildman–Crippen MR) is 124 cm³/mol. The molecular formula is C26H27N3O5. The van der Waals surface area contributed by atoms with Gasteiger partial charge in [-0.25, -0.2) is 4.90 Å². The molecule has 3 fully saturated rings. The molecule has 3 saturated heterocycles. The Kier molecular flexibility index (Phi) is 5.28. The van der Waals surface area contributed by atoms with Crippen molar-refractivity contribution in [2.45, 2.75) is 31.8 Å². The molecule has 3 heterocycles. The number of imide groups is 1. The summed E-state index contributed by atoms with van der Waals surface area (Å²) in [5, 5.41) is 2.84. The molecule has 4 atom stereocenters. The van der Waals surface area contributed by atoms with Crippen molar-refractivity contribution in [1.82, 2.24) is 10.2 Å². The SMILES string of the molecule is COC(=O)C[C@@]12C(=O)NCCN1[C@@H](c1ccc(C)cc1)[C@@H]1C(=O)N(c3ccc(C)cc3)C(=O)[C@@H]12. The van der Waals surface area contributed by atoms with Gasteiger partial charge in [0.1, 0.15) is 5.54 Å². The monoisotopic (exact) mass is 461 g/mol. The zero-order valence-corrected chi connectivity index (χ0v) is 19.4. The number of fused-ring (bicyclic) bond motifs is 3. The maximum Gasteiger partial charge on any atom is 0.307 e. The normalized spacial score (nSPS) is 28.5. The number of esters is 1. The van der Waals surface area contributed by atoms with Gasteiger partial charge in [0.2, 0.25) is 17.7 Å². The maximum absolute atomic E-state index is 13.9. The lowest BCUT2D eigenvalue weighted by Gasteiger charge is -2.45. The van der Waals surface area contributed by atoms with Gasteiger partial charge in [0.25, 0.3) is 0 Å². The maximum atomic E-state index is 13.9. The van der Waals surface area contributed by atoms with Crippen LogP contribution in [0.15, 0.2) is 48.5 Å². The summed E-state index contributed by atoms with van der Waals surface area (Å²) in [6, 6.07) is 14.4. The van der Waals surface area contributed by atoms with Gasteiger partial charge in [-0.1, -0.05) is 47.5 Å². The van der Waals surface area contributed by atoms with E-state index in [0.29, 0.717) is 18.8 Å². The molecule has 0 saturated carbocycles. The van der Waals surface area contributed by atoms with E-state index in [-0.39, 0.29) is 12.3 Å². The molecule has 0 bridgehead atoms. The molecule has 0 spiro atoms. The van der Waals surface area contributed by atoms with E-state index in [1.165, 1.54) is 12.0 Å². The Hall–Kier alpha value is -3.52. The first-order chi connectivity index (χ1) is 16.3. The number of carbonyl (C=O) groups is 4. The predicted octanol–water partition coefficient (Wildman–Crippen LogP) is 1.90. The quantitative estimate of drug-likeness (QED) is 0.552. The van der Waals surface area contributed by atoms with E-state index in [1.807, 2.05) is 55.1 Å². The number of anilines is 1. The van der Waals surface area contributed by atoms with Crippen LogP contribution in [0.25, 0.3) is 0 Å². The van der Waals surface area contributed by atoms with E-state index in [0.717, 1.165) is 16.7 Å². The number of rotatable bonds is 4. The molecular weight excluding hydrogens is 434 g/mol. The van der Waals surface area contributed by atoms with Crippen LogP contribution in [-0.2, 0) is 23.9 Å². The Balaban J connectivity index is 1.70. The summed E-state index contributed by atoms with van der Waals surface area (Å²) in [7, 11) is 1.26. The van der Waals surface area contributed by atoms with Crippen LogP contribution in [0.3, 0.4) is 0 Å². The van der Waals surface area contributed by atoms with E-state index in [2.05, 4.69) is 5.32 Å². The Morgan fingerprint density at radius 2 is 1.62 bits per heavy atom. The second-order valence-electron chi connectivity index (χ2n) is 9.33. The van der Waals surface area contributed by atoms with Crippen molar-refractivity contribution in [3.63, 3.8) is 0 Å². The molecule has 0 aromatic heterocycles. The third kappa shape index (κ3) is 3.09. The van der Waals surface area contributed by atoms with E-state index in [4.69, 9.17) is 4.74 Å². The average molecular weight is 462 g/mol. The lowest BCUT2D eigenvalue weighted by atomic mass is 9.76.